The van der Waals surface area contributed by atoms with Gasteiger partial charge in [-0.1, -0.05) is 0 Å². The Labute approximate surface area is 69.2 Å². The Hall–Kier alpha value is -1.26. The fourth-order valence-corrected chi connectivity index (χ4v) is 1.56. The first kappa shape index (κ1) is 7.39. The van der Waals surface area contributed by atoms with Crippen LogP contribution in [0.25, 0.3) is 0 Å². The fourth-order valence-electron chi connectivity index (χ4n) is 1.56. The third kappa shape index (κ3) is 1.11. The Morgan fingerprint density at radius 3 is 2.75 bits per heavy atom. The summed E-state index contributed by atoms with van der Waals surface area (Å²) in [5.74, 6) is -0.216. The van der Waals surface area contributed by atoms with E-state index < -0.39 is 12.2 Å². The molecule has 5 heteroatoms. The Kier molecular flexibility index (Phi) is 1.31. The molecule has 66 valence electrons. The maximum Gasteiger partial charge on any atom is 0.405 e. The SMILES string of the molecule is NC(=O)OC1CC2(CC2)NC1=O. The summed E-state index contributed by atoms with van der Waals surface area (Å²) in [6.07, 6.45) is 1.00. The number of nitrogens with one attached hydrogen (secondary N) is 1. The van der Waals surface area contributed by atoms with Crippen LogP contribution in [0.2, 0.25) is 0 Å². The molecule has 2 rings (SSSR count). The van der Waals surface area contributed by atoms with Gasteiger partial charge in [-0.3, -0.25) is 4.79 Å². The van der Waals surface area contributed by atoms with E-state index in [0.717, 1.165) is 12.8 Å². The lowest BCUT2D eigenvalue weighted by Gasteiger charge is -2.05. The highest BCUT2D eigenvalue weighted by atomic mass is 16.6. The topological polar surface area (TPSA) is 81.4 Å². The Morgan fingerprint density at radius 2 is 2.33 bits per heavy atom. The number of hydrogen-bond acceptors (Lipinski definition) is 3. The molecule has 2 fully saturated rings. The van der Waals surface area contributed by atoms with Gasteiger partial charge in [0, 0.05) is 12.0 Å². The molecule has 1 aliphatic heterocycles. The summed E-state index contributed by atoms with van der Waals surface area (Å²) in [6.45, 7) is 0. The van der Waals surface area contributed by atoms with Crippen LogP contribution < -0.4 is 11.1 Å². The van der Waals surface area contributed by atoms with E-state index in [1.807, 2.05) is 0 Å². The van der Waals surface area contributed by atoms with Crippen molar-refractivity contribution in [2.75, 3.05) is 0 Å². The number of hydrogen-bond donors (Lipinski definition) is 2. The second kappa shape index (κ2) is 2.12. The summed E-state index contributed by atoms with van der Waals surface area (Å²) < 4.78 is 4.63. The van der Waals surface area contributed by atoms with Crippen LogP contribution in [0.15, 0.2) is 0 Å². The molecular weight excluding hydrogens is 160 g/mol. The third-order valence-corrected chi connectivity index (χ3v) is 2.37. The summed E-state index contributed by atoms with van der Waals surface area (Å²) in [4.78, 5) is 21.5. The van der Waals surface area contributed by atoms with Crippen molar-refractivity contribution in [3.8, 4) is 0 Å². The number of rotatable bonds is 1. The molecule has 12 heavy (non-hydrogen) atoms. The van der Waals surface area contributed by atoms with Crippen molar-refractivity contribution in [1.29, 1.82) is 0 Å². The lowest BCUT2D eigenvalue weighted by Crippen LogP contribution is -2.31. The van der Waals surface area contributed by atoms with Crippen LogP contribution >= 0.6 is 0 Å². The minimum atomic E-state index is -0.882. The smallest absolute Gasteiger partial charge is 0.405 e. The monoisotopic (exact) mass is 170 g/mol. The molecule has 0 aromatic rings. The molecule has 1 atom stereocenters. The molecule has 1 saturated heterocycles. The van der Waals surface area contributed by atoms with E-state index in [1.54, 1.807) is 0 Å². The van der Waals surface area contributed by atoms with Gasteiger partial charge in [-0.05, 0) is 12.8 Å². The fraction of sp³-hybridized carbons (Fsp3) is 0.714. The van der Waals surface area contributed by atoms with Crippen LogP contribution in [0, 0.1) is 0 Å². The van der Waals surface area contributed by atoms with E-state index in [2.05, 4.69) is 10.1 Å². The predicted octanol–water partition coefficient (Wildman–Crippen LogP) is -0.497. The molecule has 0 bridgehead atoms. The van der Waals surface area contributed by atoms with Gasteiger partial charge in [-0.15, -0.1) is 0 Å². The van der Waals surface area contributed by atoms with Crippen LogP contribution in [0.4, 0.5) is 4.79 Å². The third-order valence-electron chi connectivity index (χ3n) is 2.37. The van der Waals surface area contributed by atoms with E-state index in [0.29, 0.717) is 6.42 Å². The number of carbonyl (C=O) groups is 2. The number of carbonyl (C=O) groups excluding carboxylic acids is 2. The van der Waals surface area contributed by atoms with E-state index in [9.17, 15) is 9.59 Å². The summed E-state index contributed by atoms with van der Waals surface area (Å²) in [7, 11) is 0. The Balaban J connectivity index is 1.99. The van der Waals surface area contributed by atoms with E-state index >= 15 is 0 Å². The zero-order chi connectivity index (χ0) is 8.77. The van der Waals surface area contributed by atoms with Gasteiger partial charge in [-0.2, -0.15) is 0 Å². The molecule has 1 unspecified atom stereocenters. The summed E-state index contributed by atoms with van der Waals surface area (Å²) in [6, 6.07) is 0. The minimum Gasteiger partial charge on any atom is -0.436 e. The van der Waals surface area contributed by atoms with Gasteiger partial charge in [0.25, 0.3) is 5.91 Å². The highest BCUT2D eigenvalue weighted by Crippen LogP contribution is 2.43. The molecule has 2 aliphatic rings. The zero-order valence-corrected chi connectivity index (χ0v) is 6.50. The highest BCUT2D eigenvalue weighted by molar-refractivity contribution is 5.86. The quantitative estimate of drug-likeness (QED) is 0.556. The lowest BCUT2D eigenvalue weighted by molar-refractivity contribution is -0.126. The van der Waals surface area contributed by atoms with Crippen molar-refractivity contribution in [2.24, 2.45) is 5.73 Å². The lowest BCUT2D eigenvalue weighted by atomic mass is 10.2. The van der Waals surface area contributed by atoms with Crippen molar-refractivity contribution < 1.29 is 14.3 Å². The molecule has 2 amide bonds. The Morgan fingerprint density at radius 1 is 1.67 bits per heavy atom. The summed E-state index contributed by atoms with van der Waals surface area (Å²) >= 11 is 0. The van der Waals surface area contributed by atoms with E-state index in [-0.39, 0.29) is 11.4 Å². The van der Waals surface area contributed by atoms with Crippen LogP contribution in [-0.4, -0.2) is 23.6 Å². The van der Waals surface area contributed by atoms with Crippen molar-refractivity contribution in [3.05, 3.63) is 0 Å². The molecule has 1 spiro atoms. The molecule has 1 saturated carbocycles. The summed E-state index contributed by atoms with van der Waals surface area (Å²) in [5, 5.41) is 2.79. The number of nitrogens with two attached hydrogens (primary N) is 1. The van der Waals surface area contributed by atoms with Crippen LogP contribution in [0.5, 0.6) is 0 Å². The molecule has 3 N–H and O–H groups in total. The number of primary amides is 1. The predicted molar refractivity (Wildman–Crippen MR) is 39.2 cm³/mol. The molecule has 1 aliphatic carbocycles. The van der Waals surface area contributed by atoms with Gasteiger partial charge in [0.15, 0.2) is 6.10 Å². The maximum absolute atomic E-state index is 11.1. The van der Waals surface area contributed by atoms with Crippen LogP contribution in [0.3, 0.4) is 0 Å². The van der Waals surface area contributed by atoms with Crippen LogP contribution in [0.1, 0.15) is 19.3 Å². The normalized spacial score (nSPS) is 30.0. The first-order valence-corrected chi connectivity index (χ1v) is 3.89. The Bertz CT molecular complexity index is 247. The standard InChI is InChI=1S/C7H10N2O3/c8-6(11)12-4-3-7(1-2-7)9-5(4)10/h4H,1-3H2,(H2,8,11)(H,9,10). The van der Waals surface area contributed by atoms with E-state index in [1.165, 1.54) is 0 Å². The van der Waals surface area contributed by atoms with Crippen molar-refractivity contribution in [2.45, 2.75) is 30.9 Å². The van der Waals surface area contributed by atoms with Gasteiger partial charge in [0.1, 0.15) is 0 Å². The number of ether oxygens (including phenoxy) is 1. The van der Waals surface area contributed by atoms with Gasteiger partial charge in [-0.25, -0.2) is 4.79 Å². The summed E-state index contributed by atoms with van der Waals surface area (Å²) in [5.41, 5.74) is 4.74. The zero-order valence-electron chi connectivity index (χ0n) is 6.50. The molecule has 0 aromatic heterocycles. The first-order valence-electron chi connectivity index (χ1n) is 3.89. The second-order valence-electron chi connectivity index (χ2n) is 3.40. The first-order chi connectivity index (χ1) is 5.61. The van der Waals surface area contributed by atoms with Crippen molar-refractivity contribution in [1.82, 2.24) is 5.32 Å². The second-order valence-corrected chi connectivity index (χ2v) is 3.40. The van der Waals surface area contributed by atoms with Gasteiger partial charge in [0.2, 0.25) is 0 Å². The highest BCUT2D eigenvalue weighted by Gasteiger charge is 2.53. The molecule has 5 nitrogen and oxygen atoms in total. The van der Waals surface area contributed by atoms with Gasteiger partial charge < -0.3 is 15.8 Å². The molecule has 0 aromatic carbocycles. The van der Waals surface area contributed by atoms with Gasteiger partial charge >= 0.3 is 6.09 Å². The molecular formula is C7H10N2O3. The van der Waals surface area contributed by atoms with Crippen LogP contribution in [-0.2, 0) is 9.53 Å². The maximum atomic E-state index is 11.1. The minimum absolute atomic E-state index is 0.0583. The molecule has 0 radical (unpaired) electrons. The van der Waals surface area contributed by atoms with Crippen molar-refractivity contribution >= 4 is 12.0 Å². The average molecular weight is 170 g/mol. The molecule has 1 heterocycles. The average Bonchev–Trinajstić information content (AvgIpc) is 2.59. The van der Waals surface area contributed by atoms with Crippen molar-refractivity contribution in [3.63, 3.8) is 0 Å². The van der Waals surface area contributed by atoms with E-state index in [4.69, 9.17) is 5.73 Å². The number of amides is 2. The van der Waals surface area contributed by atoms with Gasteiger partial charge in [0.05, 0.1) is 0 Å². The largest absolute Gasteiger partial charge is 0.436 e.